The summed E-state index contributed by atoms with van der Waals surface area (Å²) in [4.78, 5) is 37.6. The van der Waals surface area contributed by atoms with Crippen molar-refractivity contribution in [3.05, 3.63) is 65.7 Å². The summed E-state index contributed by atoms with van der Waals surface area (Å²) in [6.45, 7) is -0.186. The van der Waals surface area contributed by atoms with Crippen molar-refractivity contribution in [1.29, 1.82) is 0 Å². The molecule has 26 heavy (non-hydrogen) atoms. The molecule has 0 spiro atoms. The number of carbonyl (C=O) groups excluding carboxylic acids is 2. The van der Waals surface area contributed by atoms with Gasteiger partial charge >= 0.3 is 5.97 Å². The lowest BCUT2D eigenvalue weighted by Crippen LogP contribution is -2.48. The van der Waals surface area contributed by atoms with Crippen LogP contribution in [0.2, 0.25) is 0 Å². The fourth-order valence-electron chi connectivity index (χ4n) is 3.10. The fourth-order valence-corrected chi connectivity index (χ4v) is 3.10. The number of hydrogen-bond acceptors (Lipinski definition) is 3. The first kappa shape index (κ1) is 17.7. The molecule has 2 aromatic rings. The van der Waals surface area contributed by atoms with Gasteiger partial charge in [0.2, 0.25) is 11.8 Å². The van der Waals surface area contributed by atoms with Crippen LogP contribution >= 0.6 is 0 Å². The van der Waals surface area contributed by atoms with Crippen LogP contribution in [0.3, 0.4) is 0 Å². The lowest BCUT2D eigenvalue weighted by atomic mass is 10.0. The Morgan fingerprint density at radius 2 is 1.73 bits per heavy atom. The zero-order valence-electron chi connectivity index (χ0n) is 14.2. The van der Waals surface area contributed by atoms with Gasteiger partial charge in [0.1, 0.15) is 12.6 Å². The molecule has 0 saturated heterocycles. The third kappa shape index (κ3) is 4.08. The zero-order valence-corrected chi connectivity index (χ0v) is 14.2. The van der Waals surface area contributed by atoms with Crippen molar-refractivity contribution >= 4 is 23.5 Å². The van der Waals surface area contributed by atoms with Crippen LogP contribution in [0.5, 0.6) is 0 Å². The molecule has 6 heteroatoms. The second kappa shape index (κ2) is 7.82. The number of carboxylic acid groups (broad SMARTS) is 1. The highest BCUT2D eigenvalue weighted by Crippen LogP contribution is 2.27. The fraction of sp³-hybridized carbons (Fsp3) is 0.250. The maximum absolute atomic E-state index is 12.4. The van der Waals surface area contributed by atoms with Gasteiger partial charge in [0.15, 0.2) is 0 Å². The Balaban J connectivity index is 1.69. The van der Waals surface area contributed by atoms with Crippen LogP contribution < -0.4 is 10.2 Å². The number of benzene rings is 2. The maximum atomic E-state index is 12.4. The molecule has 1 aliphatic heterocycles. The molecule has 134 valence electrons. The van der Waals surface area contributed by atoms with Gasteiger partial charge in [-0.1, -0.05) is 48.5 Å². The van der Waals surface area contributed by atoms with Gasteiger partial charge in [-0.2, -0.15) is 0 Å². The molecule has 0 radical (unpaired) electrons. The van der Waals surface area contributed by atoms with Crippen molar-refractivity contribution in [2.24, 2.45) is 0 Å². The summed E-state index contributed by atoms with van der Waals surface area (Å²) in [6, 6.07) is 15.5. The number of nitrogens with one attached hydrogen (secondary N) is 1. The average Bonchev–Trinajstić information content (AvgIpc) is 2.64. The minimum Gasteiger partial charge on any atom is -0.480 e. The van der Waals surface area contributed by atoms with E-state index in [2.05, 4.69) is 5.32 Å². The van der Waals surface area contributed by atoms with Gasteiger partial charge in [-0.3, -0.25) is 9.59 Å². The Labute approximate surface area is 151 Å². The van der Waals surface area contributed by atoms with Gasteiger partial charge in [-0.15, -0.1) is 0 Å². The number of nitrogens with zero attached hydrogens (tertiary/aromatic N) is 1. The number of aryl methyl sites for hydroxylation is 1. The Morgan fingerprint density at radius 1 is 1.04 bits per heavy atom. The van der Waals surface area contributed by atoms with Crippen molar-refractivity contribution in [1.82, 2.24) is 5.32 Å². The van der Waals surface area contributed by atoms with E-state index >= 15 is 0 Å². The lowest BCUT2D eigenvalue weighted by Gasteiger charge is -2.29. The van der Waals surface area contributed by atoms with Gasteiger partial charge in [-0.05, 0) is 23.6 Å². The van der Waals surface area contributed by atoms with E-state index in [0.717, 1.165) is 11.1 Å². The van der Waals surface area contributed by atoms with Gasteiger partial charge < -0.3 is 15.3 Å². The largest absolute Gasteiger partial charge is 0.480 e. The number of para-hydroxylation sites is 1. The molecule has 6 nitrogen and oxygen atoms in total. The quantitative estimate of drug-likeness (QED) is 0.830. The molecular formula is C20H20N2O4. The Morgan fingerprint density at radius 3 is 2.46 bits per heavy atom. The van der Waals surface area contributed by atoms with E-state index in [1.54, 1.807) is 6.07 Å². The van der Waals surface area contributed by atoms with Crippen LogP contribution in [0.1, 0.15) is 17.5 Å². The predicted molar refractivity (Wildman–Crippen MR) is 96.8 cm³/mol. The summed E-state index contributed by atoms with van der Waals surface area (Å²) >= 11 is 0. The first-order valence-corrected chi connectivity index (χ1v) is 8.49. The molecule has 2 amide bonds. The molecule has 1 heterocycles. The van der Waals surface area contributed by atoms with Crippen LogP contribution in [0.25, 0.3) is 0 Å². The summed E-state index contributed by atoms with van der Waals surface area (Å²) in [5.74, 6) is -1.72. The van der Waals surface area contributed by atoms with E-state index in [-0.39, 0.29) is 18.9 Å². The highest BCUT2D eigenvalue weighted by Gasteiger charge is 2.27. The third-order valence-electron chi connectivity index (χ3n) is 4.41. The number of amides is 2. The molecule has 0 fully saturated rings. The van der Waals surface area contributed by atoms with E-state index in [0.29, 0.717) is 18.5 Å². The van der Waals surface area contributed by atoms with Gasteiger partial charge in [0.05, 0.1) is 0 Å². The Kier molecular flexibility index (Phi) is 5.31. The minimum absolute atomic E-state index is 0.131. The predicted octanol–water partition coefficient (Wildman–Crippen LogP) is 1.78. The second-order valence-corrected chi connectivity index (χ2v) is 6.26. The van der Waals surface area contributed by atoms with Crippen LogP contribution in [-0.4, -0.2) is 35.5 Å². The number of rotatable bonds is 6. The molecule has 0 unspecified atom stereocenters. The molecule has 1 aliphatic rings. The van der Waals surface area contributed by atoms with Gasteiger partial charge in [0.25, 0.3) is 0 Å². The molecule has 0 bridgehead atoms. The molecule has 1 atom stereocenters. The monoisotopic (exact) mass is 352 g/mol. The highest BCUT2D eigenvalue weighted by atomic mass is 16.4. The number of anilines is 1. The summed E-state index contributed by atoms with van der Waals surface area (Å²) in [5, 5.41) is 11.9. The molecular weight excluding hydrogens is 332 g/mol. The van der Waals surface area contributed by atoms with Crippen molar-refractivity contribution in [2.75, 3.05) is 11.4 Å². The van der Waals surface area contributed by atoms with Crippen molar-refractivity contribution in [3.63, 3.8) is 0 Å². The molecule has 0 aromatic heterocycles. The topological polar surface area (TPSA) is 86.7 Å². The van der Waals surface area contributed by atoms with Gasteiger partial charge in [0, 0.05) is 18.5 Å². The lowest BCUT2D eigenvalue weighted by molar-refractivity contribution is -0.141. The standard InChI is InChI=1S/C20H20N2O4/c23-18(21-16(20(25)26)12-14-6-2-1-3-7-14)13-22-17-9-5-4-8-15(17)10-11-19(22)24/h1-9,16H,10-13H2,(H,21,23)(H,25,26)/t16-/m1/s1. The smallest absolute Gasteiger partial charge is 0.326 e. The van der Waals surface area contributed by atoms with E-state index < -0.39 is 17.9 Å². The molecule has 3 rings (SSSR count). The number of fused-ring (bicyclic) bond motifs is 1. The summed E-state index contributed by atoms with van der Waals surface area (Å²) < 4.78 is 0. The van der Waals surface area contributed by atoms with Gasteiger partial charge in [-0.25, -0.2) is 4.79 Å². The van der Waals surface area contributed by atoms with Crippen LogP contribution in [0.15, 0.2) is 54.6 Å². The van der Waals surface area contributed by atoms with E-state index in [4.69, 9.17) is 0 Å². The Bertz CT molecular complexity index is 820. The zero-order chi connectivity index (χ0) is 18.5. The molecule has 2 aromatic carbocycles. The summed E-state index contributed by atoms with van der Waals surface area (Å²) in [7, 11) is 0. The molecule has 0 saturated carbocycles. The maximum Gasteiger partial charge on any atom is 0.326 e. The van der Waals surface area contributed by atoms with Crippen molar-refractivity contribution in [3.8, 4) is 0 Å². The van der Waals surface area contributed by atoms with E-state index in [9.17, 15) is 19.5 Å². The normalized spacial score (nSPS) is 14.5. The van der Waals surface area contributed by atoms with Crippen LogP contribution in [-0.2, 0) is 27.2 Å². The summed E-state index contributed by atoms with van der Waals surface area (Å²) in [5.41, 5.74) is 2.55. The minimum atomic E-state index is -1.10. The summed E-state index contributed by atoms with van der Waals surface area (Å²) in [6.07, 6.45) is 1.18. The number of hydrogen-bond donors (Lipinski definition) is 2. The molecule has 0 aliphatic carbocycles. The first-order valence-electron chi connectivity index (χ1n) is 8.49. The number of carbonyl (C=O) groups is 3. The number of aliphatic carboxylic acids is 1. The highest BCUT2D eigenvalue weighted by molar-refractivity contribution is 6.01. The van der Waals surface area contributed by atoms with E-state index in [1.165, 1.54) is 4.90 Å². The van der Waals surface area contributed by atoms with E-state index in [1.807, 2.05) is 48.5 Å². The van der Waals surface area contributed by atoms with Crippen molar-refractivity contribution < 1.29 is 19.5 Å². The number of carboxylic acids is 1. The first-order chi connectivity index (χ1) is 12.5. The average molecular weight is 352 g/mol. The third-order valence-corrected chi connectivity index (χ3v) is 4.41. The SMILES string of the molecule is O=C(CN1C(=O)CCc2ccccc21)N[C@H](Cc1ccccc1)C(=O)O. The Hall–Kier alpha value is -3.15. The second-order valence-electron chi connectivity index (χ2n) is 6.26. The van der Waals surface area contributed by atoms with Crippen LogP contribution in [0, 0.1) is 0 Å². The van der Waals surface area contributed by atoms with Crippen LogP contribution in [0.4, 0.5) is 5.69 Å². The van der Waals surface area contributed by atoms with Crippen molar-refractivity contribution in [2.45, 2.75) is 25.3 Å². The molecule has 2 N–H and O–H groups in total.